The van der Waals surface area contributed by atoms with E-state index in [4.69, 9.17) is 19.6 Å². The highest BCUT2D eigenvalue weighted by Gasteiger charge is 2.31. The third-order valence-electron chi connectivity index (χ3n) is 5.42. The Morgan fingerprint density at radius 2 is 2.06 bits per heavy atom. The van der Waals surface area contributed by atoms with Gasteiger partial charge in [0.25, 0.3) is 0 Å². The second-order valence-electron chi connectivity index (χ2n) is 7.72. The van der Waals surface area contributed by atoms with Gasteiger partial charge in [-0.2, -0.15) is 9.78 Å². The van der Waals surface area contributed by atoms with E-state index < -0.39 is 0 Å². The maximum Gasteiger partial charge on any atom is 0.235 e. The topological polar surface area (TPSA) is 78.3 Å². The number of carbonyl (C=O) groups excluding carboxylic acids is 1. The lowest BCUT2D eigenvalue weighted by atomic mass is 10.0. The molecular weight excluding hydrogens is 456 g/mol. The zero-order valence-electron chi connectivity index (χ0n) is 18.6. The van der Waals surface area contributed by atoms with E-state index in [-0.39, 0.29) is 11.2 Å². The molecule has 1 N–H and O–H groups in total. The molecule has 0 aliphatic carbocycles. The molecule has 0 unspecified atom stereocenters. The van der Waals surface area contributed by atoms with Crippen molar-refractivity contribution in [3.05, 3.63) is 59.3 Å². The molecular formula is C24H24N4O3S2. The first-order valence-corrected chi connectivity index (χ1v) is 12.6. The van der Waals surface area contributed by atoms with E-state index in [9.17, 15) is 4.79 Å². The summed E-state index contributed by atoms with van der Waals surface area (Å²) < 4.78 is 14.3. The van der Waals surface area contributed by atoms with Gasteiger partial charge in [0.05, 0.1) is 40.6 Å². The summed E-state index contributed by atoms with van der Waals surface area (Å²) in [6.07, 6.45) is 0.921. The number of thiazole rings is 1. The molecule has 0 radical (unpaired) electrons. The van der Waals surface area contributed by atoms with Gasteiger partial charge < -0.3 is 14.8 Å². The number of nitrogens with one attached hydrogen (secondary N) is 1. The van der Waals surface area contributed by atoms with Crippen molar-refractivity contribution < 1.29 is 14.3 Å². The van der Waals surface area contributed by atoms with E-state index in [2.05, 4.69) is 12.2 Å². The van der Waals surface area contributed by atoms with E-state index >= 15 is 0 Å². The Labute approximate surface area is 200 Å². The SMILES string of the molecule is CCCOc1ccc([C@@H]2SCC(=O)Nc3c2c(C)nn3-c2nc3ccccc3s2)cc1OC. The number of benzene rings is 2. The second kappa shape index (κ2) is 9.07. The van der Waals surface area contributed by atoms with Gasteiger partial charge in [0.2, 0.25) is 11.0 Å². The maximum absolute atomic E-state index is 12.6. The van der Waals surface area contributed by atoms with Crippen molar-refractivity contribution in [2.45, 2.75) is 25.5 Å². The Hall–Kier alpha value is -3.04. The van der Waals surface area contributed by atoms with Crippen molar-refractivity contribution in [3.63, 3.8) is 0 Å². The fourth-order valence-corrected chi connectivity index (χ4v) is 6.02. The van der Waals surface area contributed by atoms with Crippen LogP contribution in [0.1, 0.15) is 35.4 Å². The summed E-state index contributed by atoms with van der Waals surface area (Å²) in [5, 5.41) is 8.51. The number of thioether (sulfide) groups is 1. The molecule has 33 heavy (non-hydrogen) atoms. The Balaban J connectivity index is 1.61. The molecule has 7 nitrogen and oxygen atoms in total. The summed E-state index contributed by atoms with van der Waals surface area (Å²) in [5.41, 5.74) is 3.78. The lowest BCUT2D eigenvalue weighted by Gasteiger charge is -2.18. The Morgan fingerprint density at radius 1 is 1.21 bits per heavy atom. The average molecular weight is 481 g/mol. The van der Waals surface area contributed by atoms with Crippen LogP contribution in [-0.2, 0) is 4.79 Å². The standard InChI is InChI=1S/C24H24N4O3S2/c1-4-11-31-17-10-9-15(12-18(17)30-3)22-21-14(2)27-28(23(21)26-20(29)13-32-22)24-25-16-7-5-6-8-19(16)33-24/h5-10,12,22H,4,11,13H2,1-3H3,(H,26,29)/t22-/m0/s1. The van der Waals surface area contributed by atoms with Gasteiger partial charge in [-0.05, 0) is 43.2 Å². The minimum atomic E-state index is -0.0868. The van der Waals surface area contributed by atoms with Crippen LogP contribution in [0.4, 0.5) is 5.82 Å². The highest BCUT2D eigenvalue weighted by Crippen LogP contribution is 2.46. The van der Waals surface area contributed by atoms with Gasteiger partial charge in [-0.25, -0.2) is 4.98 Å². The lowest BCUT2D eigenvalue weighted by Crippen LogP contribution is -2.15. The first kappa shape index (κ1) is 21.8. The summed E-state index contributed by atoms with van der Waals surface area (Å²) in [6.45, 7) is 4.68. The number of ether oxygens (including phenoxy) is 2. The number of aryl methyl sites for hydroxylation is 1. The van der Waals surface area contributed by atoms with Crippen LogP contribution >= 0.6 is 23.1 Å². The summed E-state index contributed by atoms with van der Waals surface area (Å²) in [7, 11) is 1.64. The molecule has 2 aromatic carbocycles. The number of carbonyl (C=O) groups is 1. The van der Waals surface area contributed by atoms with Gasteiger partial charge in [-0.1, -0.05) is 36.5 Å². The van der Waals surface area contributed by atoms with E-state index in [0.29, 0.717) is 23.9 Å². The number of hydrogen-bond donors (Lipinski definition) is 1. The number of amides is 1. The second-order valence-corrected chi connectivity index (χ2v) is 9.82. The van der Waals surface area contributed by atoms with Crippen LogP contribution in [-0.4, -0.2) is 40.1 Å². The number of rotatable bonds is 6. The molecule has 3 heterocycles. The van der Waals surface area contributed by atoms with Crippen molar-refractivity contribution in [1.82, 2.24) is 14.8 Å². The first-order chi connectivity index (χ1) is 16.1. The Bertz CT molecular complexity index is 1300. The number of anilines is 1. The van der Waals surface area contributed by atoms with Crippen LogP contribution in [0, 0.1) is 6.92 Å². The smallest absolute Gasteiger partial charge is 0.235 e. The molecule has 0 saturated heterocycles. The molecule has 5 rings (SSSR count). The van der Waals surface area contributed by atoms with Crippen LogP contribution in [0.25, 0.3) is 15.3 Å². The van der Waals surface area contributed by atoms with Gasteiger partial charge in [0, 0.05) is 5.56 Å². The van der Waals surface area contributed by atoms with Gasteiger partial charge >= 0.3 is 0 Å². The normalized spacial score (nSPS) is 15.7. The fraction of sp³-hybridized carbons (Fsp3) is 0.292. The highest BCUT2D eigenvalue weighted by molar-refractivity contribution is 8.00. The first-order valence-electron chi connectivity index (χ1n) is 10.8. The monoisotopic (exact) mass is 480 g/mol. The lowest BCUT2D eigenvalue weighted by molar-refractivity contribution is -0.113. The quantitative estimate of drug-likeness (QED) is 0.400. The van der Waals surface area contributed by atoms with Gasteiger partial charge in [0.1, 0.15) is 5.82 Å². The number of methoxy groups -OCH3 is 1. The summed E-state index contributed by atoms with van der Waals surface area (Å²) in [4.78, 5) is 17.4. The van der Waals surface area contributed by atoms with Gasteiger partial charge in [0.15, 0.2) is 11.5 Å². The molecule has 0 spiro atoms. The zero-order valence-corrected chi connectivity index (χ0v) is 20.3. The van der Waals surface area contributed by atoms with Crippen LogP contribution < -0.4 is 14.8 Å². The van der Waals surface area contributed by atoms with Gasteiger partial charge in [-0.15, -0.1) is 11.8 Å². The van der Waals surface area contributed by atoms with Crippen LogP contribution in [0.5, 0.6) is 11.5 Å². The van der Waals surface area contributed by atoms with Gasteiger partial charge in [-0.3, -0.25) is 4.79 Å². The average Bonchev–Trinajstić information content (AvgIpc) is 3.34. The molecule has 0 bridgehead atoms. The van der Waals surface area contributed by atoms with E-state index in [1.807, 2.05) is 49.4 Å². The van der Waals surface area contributed by atoms with E-state index in [1.165, 1.54) is 0 Å². The van der Waals surface area contributed by atoms with E-state index in [1.54, 1.807) is 34.9 Å². The van der Waals surface area contributed by atoms with Crippen molar-refractivity contribution in [2.75, 3.05) is 24.8 Å². The Kier molecular flexibility index (Phi) is 5.99. The molecule has 0 saturated carbocycles. The van der Waals surface area contributed by atoms with Crippen molar-refractivity contribution >= 4 is 45.0 Å². The number of aromatic nitrogens is 3. The molecule has 1 aliphatic heterocycles. The molecule has 0 fully saturated rings. The number of fused-ring (bicyclic) bond motifs is 2. The molecule has 2 aromatic heterocycles. The number of hydrogen-bond acceptors (Lipinski definition) is 7. The molecule has 4 aromatic rings. The summed E-state index contributed by atoms with van der Waals surface area (Å²) >= 11 is 3.13. The van der Waals surface area contributed by atoms with Crippen LogP contribution in [0.3, 0.4) is 0 Å². The van der Waals surface area contributed by atoms with Crippen molar-refractivity contribution in [2.24, 2.45) is 0 Å². The number of para-hydroxylation sites is 1. The third-order valence-corrected chi connectivity index (χ3v) is 7.71. The highest BCUT2D eigenvalue weighted by atomic mass is 32.2. The van der Waals surface area contributed by atoms with Crippen LogP contribution in [0.15, 0.2) is 42.5 Å². The number of nitrogens with zero attached hydrogens (tertiary/aromatic N) is 3. The van der Waals surface area contributed by atoms with E-state index in [0.717, 1.165) is 44.3 Å². The summed E-state index contributed by atoms with van der Waals surface area (Å²) in [5.74, 6) is 2.37. The molecule has 170 valence electrons. The van der Waals surface area contributed by atoms with Crippen LogP contribution in [0.2, 0.25) is 0 Å². The maximum atomic E-state index is 12.6. The molecule has 1 aliphatic rings. The molecule has 9 heteroatoms. The summed E-state index contributed by atoms with van der Waals surface area (Å²) in [6, 6.07) is 14.0. The van der Waals surface area contributed by atoms with Crippen molar-refractivity contribution in [3.8, 4) is 16.6 Å². The molecule has 1 amide bonds. The predicted octanol–water partition coefficient (Wildman–Crippen LogP) is 5.36. The fourth-order valence-electron chi connectivity index (χ4n) is 3.91. The molecule has 1 atom stereocenters. The minimum absolute atomic E-state index is 0.0547. The third kappa shape index (κ3) is 4.06. The Morgan fingerprint density at radius 3 is 2.85 bits per heavy atom. The zero-order chi connectivity index (χ0) is 22.9. The predicted molar refractivity (Wildman–Crippen MR) is 133 cm³/mol. The minimum Gasteiger partial charge on any atom is -0.493 e. The van der Waals surface area contributed by atoms with Crippen molar-refractivity contribution in [1.29, 1.82) is 0 Å². The largest absolute Gasteiger partial charge is 0.493 e.